The molecule has 6 nitrogen and oxygen atoms in total. The third-order valence-corrected chi connectivity index (χ3v) is 7.63. The van der Waals surface area contributed by atoms with Crippen molar-refractivity contribution in [2.45, 2.75) is 50.5 Å². The number of carbonyl (C=O) groups is 1. The van der Waals surface area contributed by atoms with Crippen LogP contribution in [0.1, 0.15) is 49.9 Å². The number of hydrogen-bond acceptors (Lipinski definition) is 4. The fourth-order valence-corrected chi connectivity index (χ4v) is 6.13. The van der Waals surface area contributed by atoms with Crippen LogP contribution in [0.2, 0.25) is 10.0 Å². The summed E-state index contributed by atoms with van der Waals surface area (Å²) >= 11 is 12.3. The topological polar surface area (TPSA) is 78.5 Å². The summed E-state index contributed by atoms with van der Waals surface area (Å²) in [6.45, 7) is 8.16. The van der Waals surface area contributed by atoms with E-state index in [2.05, 4.69) is 28.8 Å². The lowest BCUT2D eigenvalue weighted by molar-refractivity contribution is 0.0947. The Morgan fingerprint density at radius 1 is 1.14 bits per heavy atom. The second-order valence-electron chi connectivity index (χ2n) is 8.47. The number of nitrogens with zero attached hydrogens (tertiary/aromatic N) is 1. The molecule has 29 heavy (non-hydrogen) atoms. The van der Waals surface area contributed by atoms with Crippen molar-refractivity contribution in [2.24, 2.45) is 11.8 Å². The van der Waals surface area contributed by atoms with Gasteiger partial charge >= 0.3 is 0 Å². The first-order chi connectivity index (χ1) is 13.7. The monoisotopic (exact) mass is 461 g/mol. The summed E-state index contributed by atoms with van der Waals surface area (Å²) in [5.41, 5.74) is 0.118. The Bertz CT molecular complexity index is 849. The Labute approximate surface area is 183 Å². The third-order valence-electron chi connectivity index (χ3n) is 5.34. The van der Waals surface area contributed by atoms with Crippen LogP contribution >= 0.6 is 23.2 Å². The Morgan fingerprint density at radius 3 is 2.41 bits per heavy atom. The van der Waals surface area contributed by atoms with E-state index in [0.29, 0.717) is 18.4 Å². The molecule has 2 N–H and O–H groups in total. The van der Waals surface area contributed by atoms with Gasteiger partial charge in [0.15, 0.2) is 0 Å². The molecule has 2 fully saturated rings. The van der Waals surface area contributed by atoms with E-state index < -0.39 is 15.9 Å². The van der Waals surface area contributed by atoms with Crippen molar-refractivity contribution >= 4 is 39.1 Å². The first kappa shape index (κ1) is 22.8. The van der Waals surface area contributed by atoms with E-state index in [-0.39, 0.29) is 26.5 Å². The fraction of sp³-hybridized carbons (Fsp3) is 0.650. The van der Waals surface area contributed by atoms with Gasteiger partial charge in [-0.25, -0.2) is 13.1 Å². The molecule has 0 bridgehead atoms. The summed E-state index contributed by atoms with van der Waals surface area (Å²) in [7, 11) is -3.78. The number of rotatable bonds is 8. The van der Waals surface area contributed by atoms with E-state index in [1.165, 1.54) is 18.6 Å². The standard InChI is InChI=1S/C20H29Cl2N3O3S/c1-13-8-14(2)12-25(11-13)7-3-6-23-20(26)16-9-19(18(22)10-17(16)21)29(27,28)24-15-4-5-15/h9-10,13-15,24H,3-8,11-12H2,1-2H3,(H,23,26). The quantitative estimate of drug-likeness (QED) is 0.580. The van der Waals surface area contributed by atoms with Gasteiger partial charge in [-0.2, -0.15) is 0 Å². The van der Waals surface area contributed by atoms with Gasteiger partial charge in [-0.3, -0.25) is 4.79 Å². The maximum atomic E-state index is 12.6. The molecule has 1 heterocycles. The highest BCUT2D eigenvalue weighted by Crippen LogP contribution is 2.30. The lowest BCUT2D eigenvalue weighted by Gasteiger charge is -2.34. The molecule has 9 heteroatoms. The molecule has 0 aromatic heterocycles. The number of benzene rings is 1. The number of piperidine rings is 1. The molecule has 1 aliphatic carbocycles. The van der Waals surface area contributed by atoms with Crippen molar-refractivity contribution in [2.75, 3.05) is 26.2 Å². The number of likely N-dealkylation sites (tertiary alicyclic amines) is 1. The zero-order chi connectivity index (χ0) is 21.2. The number of sulfonamides is 1. The molecule has 1 aromatic carbocycles. The SMILES string of the molecule is CC1CC(C)CN(CCCNC(=O)c2cc(S(=O)(=O)NC3CC3)c(Cl)cc2Cl)C1. The molecule has 1 saturated carbocycles. The molecule has 2 unspecified atom stereocenters. The maximum Gasteiger partial charge on any atom is 0.252 e. The Hall–Kier alpha value is -0.860. The minimum Gasteiger partial charge on any atom is -0.352 e. The molecule has 1 amide bonds. The lowest BCUT2D eigenvalue weighted by atomic mass is 9.92. The number of halogens is 2. The highest BCUT2D eigenvalue weighted by molar-refractivity contribution is 7.89. The summed E-state index contributed by atoms with van der Waals surface area (Å²) < 4.78 is 27.6. The molecule has 1 saturated heterocycles. The number of amides is 1. The largest absolute Gasteiger partial charge is 0.352 e. The Kier molecular flexibility index (Phi) is 7.49. The van der Waals surface area contributed by atoms with Crippen LogP contribution in [0.25, 0.3) is 0 Å². The van der Waals surface area contributed by atoms with Gasteiger partial charge in [0.1, 0.15) is 4.90 Å². The minimum absolute atomic E-state index is 0.00744. The van der Waals surface area contributed by atoms with Crippen molar-refractivity contribution < 1.29 is 13.2 Å². The van der Waals surface area contributed by atoms with E-state index in [0.717, 1.165) is 38.9 Å². The molecule has 2 atom stereocenters. The van der Waals surface area contributed by atoms with E-state index in [4.69, 9.17) is 23.2 Å². The predicted octanol–water partition coefficient (Wildman–Crippen LogP) is 3.53. The average molecular weight is 462 g/mol. The van der Waals surface area contributed by atoms with Gasteiger partial charge in [-0.15, -0.1) is 0 Å². The van der Waals surface area contributed by atoms with Crippen LogP contribution in [0.4, 0.5) is 0 Å². The van der Waals surface area contributed by atoms with E-state index >= 15 is 0 Å². The summed E-state index contributed by atoms with van der Waals surface area (Å²) in [5, 5.41) is 2.99. The highest BCUT2D eigenvalue weighted by atomic mass is 35.5. The van der Waals surface area contributed by atoms with Crippen LogP contribution < -0.4 is 10.0 Å². The zero-order valence-corrected chi connectivity index (χ0v) is 19.2. The van der Waals surface area contributed by atoms with E-state index in [1.807, 2.05) is 0 Å². The van der Waals surface area contributed by atoms with Gasteiger partial charge in [-0.1, -0.05) is 37.0 Å². The van der Waals surface area contributed by atoms with Gasteiger partial charge in [0, 0.05) is 25.7 Å². The predicted molar refractivity (Wildman–Crippen MR) is 116 cm³/mol. The van der Waals surface area contributed by atoms with E-state index in [1.54, 1.807) is 0 Å². The lowest BCUT2D eigenvalue weighted by Crippen LogP contribution is -2.40. The smallest absolute Gasteiger partial charge is 0.252 e. The minimum atomic E-state index is -3.78. The summed E-state index contributed by atoms with van der Waals surface area (Å²) in [5.74, 6) is 1.01. The van der Waals surface area contributed by atoms with Crippen molar-refractivity contribution in [3.05, 3.63) is 27.7 Å². The van der Waals surface area contributed by atoms with Crippen LogP contribution in [0.15, 0.2) is 17.0 Å². The molecule has 0 radical (unpaired) electrons. The first-order valence-corrected chi connectivity index (χ1v) is 12.4. The van der Waals surface area contributed by atoms with Crippen LogP contribution in [0.3, 0.4) is 0 Å². The second-order valence-corrected chi connectivity index (χ2v) is 11.0. The van der Waals surface area contributed by atoms with E-state index in [9.17, 15) is 13.2 Å². The van der Waals surface area contributed by atoms with Gasteiger partial charge in [0.2, 0.25) is 10.0 Å². The summed E-state index contributed by atoms with van der Waals surface area (Å²) in [4.78, 5) is 14.9. The van der Waals surface area contributed by atoms with Gasteiger partial charge < -0.3 is 10.2 Å². The fourth-order valence-electron chi connectivity index (χ4n) is 3.97. The summed E-state index contributed by atoms with van der Waals surface area (Å²) in [6, 6.07) is 2.53. The van der Waals surface area contributed by atoms with Crippen molar-refractivity contribution in [3.63, 3.8) is 0 Å². The molecule has 162 valence electrons. The van der Waals surface area contributed by atoms with Crippen LogP contribution in [0, 0.1) is 11.8 Å². The normalized spacial score (nSPS) is 23.2. The van der Waals surface area contributed by atoms with Gasteiger partial charge in [0.25, 0.3) is 5.91 Å². The molecule has 1 aliphatic heterocycles. The molecule has 0 spiro atoms. The van der Waals surface area contributed by atoms with Gasteiger partial charge in [0.05, 0.1) is 15.6 Å². The van der Waals surface area contributed by atoms with Crippen LogP contribution in [0.5, 0.6) is 0 Å². The first-order valence-electron chi connectivity index (χ1n) is 10.2. The third kappa shape index (κ3) is 6.31. The van der Waals surface area contributed by atoms with Crippen molar-refractivity contribution in [1.82, 2.24) is 14.9 Å². The second kappa shape index (κ2) is 9.52. The van der Waals surface area contributed by atoms with Crippen molar-refractivity contribution in [1.29, 1.82) is 0 Å². The molecular formula is C20H29Cl2N3O3S. The van der Waals surface area contributed by atoms with Crippen molar-refractivity contribution in [3.8, 4) is 0 Å². The Balaban J connectivity index is 1.58. The number of nitrogens with one attached hydrogen (secondary N) is 2. The van der Waals surface area contributed by atoms with Gasteiger partial charge in [-0.05, 0) is 56.2 Å². The molecule has 1 aromatic rings. The molecule has 2 aliphatic rings. The number of hydrogen-bond donors (Lipinski definition) is 2. The maximum absolute atomic E-state index is 12.6. The zero-order valence-electron chi connectivity index (χ0n) is 16.9. The number of carbonyl (C=O) groups excluding carboxylic acids is 1. The highest BCUT2D eigenvalue weighted by Gasteiger charge is 2.30. The summed E-state index contributed by atoms with van der Waals surface area (Å²) in [6.07, 6.45) is 3.71. The molecular weight excluding hydrogens is 433 g/mol. The Morgan fingerprint density at radius 2 is 1.79 bits per heavy atom. The molecule has 3 rings (SSSR count). The van der Waals surface area contributed by atoms with Crippen LogP contribution in [-0.4, -0.2) is 51.4 Å². The van der Waals surface area contributed by atoms with Crippen LogP contribution in [-0.2, 0) is 10.0 Å². The average Bonchev–Trinajstić information content (AvgIpc) is 3.40.